The van der Waals surface area contributed by atoms with Crippen molar-refractivity contribution in [3.8, 4) is 11.5 Å². The molecule has 0 fully saturated rings. The molecule has 6 heteroatoms. The number of hydrogen-bond acceptors (Lipinski definition) is 5. The van der Waals surface area contributed by atoms with Crippen LogP contribution >= 0.6 is 0 Å². The Bertz CT molecular complexity index is 481. The molecular formula is C12H12O6. The van der Waals surface area contributed by atoms with Gasteiger partial charge in [0.25, 0.3) is 0 Å². The summed E-state index contributed by atoms with van der Waals surface area (Å²) in [6.45, 7) is 1.33. The van der Waals surface area contributed by atoms with Crippen LogP contribution in [0.4, 0.5) is 0 Å². The van der Waals surface area contributed by atoms with E-state index in [4.69, 9.17) is 19.3 Å². The van der Waals surface area contributed by atoms with Crippen molar-refractivity contribution in [2.24, 2.45) is 0 Å². The van der Waals surface area contributed by atoms with E-state index in [1.165, 1.54) is 6.92 Å². The predicted octanol–water partition coefficient (Wildman–Crippen LogP) is 0.974. The van der Waals surface area contributed by atoms with Gasteiger partial charge >= 0.3 is 11.9 Å². The van der Waals surface area contributed by atoms with Crippen LogP contribution in [-0.2, 0) is 20.7 Å². The lowest BCUT2D eigenvalue weighted by atomic mass is 10.1. The van der Waals surface area contributed by atoms with Gasteiger partial charge in [-0.1, -0.05) is 6.07 Å². The topological polar surface area (TPSA) is 82.1 Å². The van der Waals surface area contributed by atoms with Crippen LogP contribution < -0.4 is 9.47 Å². The fraction of sp³-hybridized carbons (Fsp3) is 0.333. The second-order valence-electron chi connectivity index (χ2n) is 3.83. The van der Waals surface area contributed by atoms with E-state index in [1.807, 2.05) is 0 Å². The van der Waals surface area contributed by atoms with Gasteiger partial charge in [0.2, 0.25) is 12.9 Å². The van der Waals surface area contributed by atoms with Gasteiger partial charge in [-0.05, 0) is 17.7 Å². The molecule has 0 saturated carbocycles. The Kier molecular flexibility index (Phi) is 3.36. The third-order valence-electron chi connectivity index (χ3n) is 2.44. The van der Waals surface area contributed by atoms with Gasteiger partial charge in [-0.2, -0.15) is 0 Å². The monoisotopic (exact) mass is 252 g/mol. The van der Waals surface area contributed by atoms with Crippen LogP contribution in [-0.4, -0.2) is 29.9 Å². The minimum absolute atomic E-state index is 0.0888. The van der Waals surface area contributed by atoms with Crippen LogP contribution in [0.3, 0.4) is 0 Å². The first-order valence-electron chi connectivity index (χ1n) is 5.35. The molecule has 1 aliphatic heterocycles. The van der Waals surface area contributed by atoms with Crippen molar-refractivity contribution in [3.63, 3.8) is 0 Å². The van der Waals surface area contributed by atoms with E-state index in [-0.39, 0.29) is 13.2 Å². The number of carbonyl (C=O) groups excluding carboxylic acids is 1. The number of hydrogen-bond donors (Lipinski definition) is 1. The standard InChI is InChI=1S/C12H12O6/c1-7(13)18-11(12(14)15)5-8-2-3-9-10(4-8)17-6-16-9/h2-4,11H,5-6H2,1H3,(H,14,15). The number of carboxylic acids is 1. The highest BCUT2D eigenvalue weighted by atomic mass is 16.7. The van der Waals surface area contributed by atoms with Gasteiger partial charge in [0.05, 0.1) is 0 Å². The summed E-state index contributed by atoms with van der Waals surface area (Å²) in [5.74, 6) is -0.608. The molecule has 1 N–H and O–H groups in total. The van der Waals surface area contributed by atoms with E-state index in [1.54, 1.807) is 18.2 Å². The molecule has 1 aromatic rings. The zero-order chi connectivity index (χ0) is 13.1. The second kappa shape index (κ2) is 4.95. The molecule has 0 amide bonds. The van der Waals surface area contributed by atoms with Crippen molar-refractivity contribution in [3.05, 3.63) is 23.8 Å². The molecule has 96 valence electrons. The van der Waals surface area contributed by atoms with Gasteiger partial charge in [-0.25, -0.2) is 4.79 Å². The van der Waals surface area contributed by atoms with Crippen LogP contribution in [0.5, 0.6) is 11.5 Å². The maximum Gasteiger partial charge on any atom is 0.345 e. The summed E-state index contributed by atoms with van der Waals surface area (Å²) in [4.78, 5) is 21.7. The number of benzene rings is 1. The highest BCUT2D eigenvalue weighted by molar-refractivity contribution is 5.77. The summed E-state index contributed by atoms with van der Waals surface area (Å²) < 4.78 is 15.1. The lowest BCUT2D eigenvalue weighted by Gasteiger charge is -2.12. The molecule has 0 radical (unpaired) electrons. The molecule has 1 aromatic carbocycles. The third-order valence-corrected chi connectivity index (χ3v) is 2.44. The fourth-order valence-corrected chi connectivity index (χ4v) is 1.66. The van der Waals surface area contributed by atoms with Crippen LogP contribution in [0.1, 0.15) is 12.5 Å². The summed E-state index contributed by atoms with van der Waals surface area (Å²) in [5.41, 5.74) is 0.702. The molecule has 0 aliphatic carbocycles. The number of carboxylic acid groups (broad SMARTS) is 1. The zero-order valence-electron chi connectivity index (χ0n) is 9.71. The average molecular weight is 252 g/mol. The van der Waals surface area contributed by atoms with E-state index < -0.39 is 18.0 Å². The zero-order valence-corrected chi connectivity index (χ0v) is 9.71. The highest BCUT2D eigenvalue weighted by Gasteiger charge is 2.22. The quantitative estimate of drug-likeness (QED) is 0.804. The van der Waals surface area contributed by atoms with Crippen LogP contribution in [0.2, 0.25) is 0 Å². The average Bonchev–Trinajstić information content (AvgIpc) is 2.74. The van der Waals surface area contributed by atoms with Crippen LogP contribution in [0, 0.1) is 0 Å². The molecule has 1 atom stereocenters. The molecular weight excluding hydrogens is 240 g/mol. The first kappa shape index (κ1) is 12.2. The highest BCUT2D eigenvalue weighted by Crippen LogP contribution is 2.32. The predicted molar refractivity (Wildman–Crippen MR) is 59.5 cm³/mol. The molecule has 0 saturated heterocycles. The fourth-order valence-electron chi connectivity index (χ4n) is 1.66. The van der Waals surface area contributed by atoms with Crippen molar-refractivity contribution >= 4 is 11.9 Å². The largest absolute Gasteiger partial charge is 0.478 e. The molecule has 2 rings (SSSR count). The van der Waals surface area contributed by atoms with Crippen LogP contribution in [0.25, 0.3) is 0 Å². The Morgan fingerprint density at radius 1 is 1.39 bits per heavy atom. The van der Waals surface area contributed by atoms with Gasteiger partial charge in [0.1, 0.15) is 0 Å². The number of rotatable bonds is 4. The first-order chi connectivity index (χ1) is 8.56. The van der Waals surface area contributed by atoms with Crippen molar-refractivity contribution in [1.82, 2.24) is 0 Å². The number of carbonyl (C=O) groups is 2. The Morgan fingerprint density at radius 2 is 2.11 bits per heavy atom. The molecule has 0 spiro atoms. The molecule has 18 heavy (non-hydrogen) atoms. The van der Waals surface area contributed by atoms with E-state index in [2.05, 4.69) is 0 Å². The van der Waals surface area contributed by atoms with Crippen molar-refractivity contribution in [2.45, 2.75) is 19.4 Å². The molecule has 1 unspecified atom stereocenters. The lowest BCUT2D eigenvalue weighted by Crippen LogP contribution is -2.28. The van der Waals surface area contributed by atoms with Gasteiger partial charge in [-0.15, -0.1) is 0 Å². The Morgan fingerprint density at radius 3 is 2.78 bits per heavy atom. The number of esters is 1. The maximum atomic E-state index is 10.9. The molecule has 0 bridgehead atoms. The van der Waals surface area contributed by atoms with Crippen LogP contribution in [0.15, 0.2) is 18.2 Å². The smallest absolute Gasteiger partial charge is 0.345 e. The summed E-state index contributed by atoms with van der Waals surface area (Å²) in [5, 5.41) is 8.94. The minimum Gasteiger partial charge on any atom is -0.478 e. The van der Waals surface area contributed by atoms with Gasteiger partial charge in [0.15, 0.2) is 11.5 Å². The van der Waals surface area contributed by atoms with E-state index in [9.17, 15) is 9.59 Å². The number of ether oxygens (including phenoxy) is 3. The lowest BCUT2D eigenvalue weighted by molar-refractivity contribution is -0.162. The second-order valence-corrected chi connectivity index (χ2v) is 3.83. The molecule has 1 heterocycles. The van der Waals surface area contributed by atoms with E-state index in [0.717, 1.165) is 0 Å². The van der Waals surface area contributed by atoms with Crippen molar-refractivity contribution in [1.29, 1.82) is 0 Å². The molecule has 0 aromatic heterocycles. The van der Waals surface area contributed by atoms with Crippen molar-refractivity contribution in [2.75, 3.05) is 6.79 Å². The van der Waals surface area contributed by atoms with E-state index >= 15 is 0 Å². The Hall–Kier alpha value is -2.24. The van der Waals surface area contributed by atoms with Gasteiger partial charge < -0.3 is 19.3 Å². The Balaban J connectivity index is 2.11. The van der Waals surface area contributed by atoms with Gasteiger partial charge in [-0.3, -0.25) is 4.79 Å². The van der Waals surface area contributed by atoms with E-state index in [0.29, 0.717) is 17.1 Å². The Labute approximate surface area is 103 Å². The molecule has 6 nitrogen and oxygen atoms in total. The minimum atomic E-state index is -1.19. The third kappa shape index (κ3) is 2.71. The first-order valence-corrected chi connectivity index (χ1v) is 5.35. The molecule has 1 aliphatic rings. The summed E-state index contributed by atoms with van der Waals surface area (Å²) >= 11 is 0. The number of fused-ring (bicyclic) bond motifs is 1. The number of aliphatic carboxylic acids is 1. The SMILES string of the molecule is CC(=O)OC(Cc1ccc2c(c1)OCO2)C(=O)O. The van der Waals surface area contributed by atoms with Gasteiger partial charge in [0, 0.05) is 13.3 Å². The normalized spacial score (nSPS) is 14.1. The summed E-state index contributed by atoms with van der Waals surface area (Å²) in [6.07, 6.45) is -1.10. The maximum absolute atomic E-state index is 10.9. The van der Waals surface area contributed by atoms with Crippen molar-refractivity contribution < 1.29 is 28.9 Å². The summed E-state index contributed by atoms with van der Waals surface area (Å²) in [6, 6.07) is 5.10. The summed E-state index contributed by atoms with van der Waals surface area (Å²) in [7, 11) is 0.